The molecule has 1 atom stereocenters. The Balaban J connectivity index is 1.51. The molecule has 0 fully saturated rings. The van der Waals surface area contributed by atoms with E-state index < -0.39 is 22.0 Å². The van der Waals surface area contributed by atoms with Crippen molar-refractivity contribution in [3.8, 4) is 11.5 Å². The highest BCUT2D eigenvalue weighted by molar-refractivity contribution is 7.92. The second-order valence-corrected chi connectivity index (χ2v) is 9.74. The van der Waals surface area contributed by atoms with Crippen LogP contribution in [0.5, 0.6) is 11.5 Å². The van der Waals surface area contributed by atoms with Crippen molar-refractivity contribution in [1.82, 2.24) is 10.7 Å². The van der Waals surface area contributed by atoms with Crippen molar-refractivity contribution in [1.29, 1.82) is 0 Å². The molecule has 0 radical (unpaired) electrons. The van der Waals surface area contributed by atoms with Gasteiger partial charge in [-0.15, -0.1) is 0 Å². The molecule has 0 aliphatic heterocycles. The summed E-state index contributed by atoms with van der Waals surface area (Å²) in [5, 5.41) is 6.60. The predicted octanol–water partition coefficient (Wildman–Crippen LogP) is 2.29. The maximum atomic E-state index is 12.6. The molecule has 2 aromatic carbocycles. The lowest BCUT2D eigenvalue weighted by Gasteiger charge is -2.27. The van der Waals surface area contributed by atoms with Gasteiger partial charge in [0.05, 0.1) is 38.1 Å². The van der Waals surface area contributed by atoms with Crippen LogP contribution < -0.4 is 24.5 Å². The molecule has 12 heteroatoms. The summed E-state index contributed by atoms with van der Waals surface area (Å²) in [4.78, 5) is 24.5. The Morgan fingerprint density at radius 3 is 2.35 bits per heavy atom. The summed E-state index contributed by atoms with van der Waals surface area (Å²) in [7, 11) is -2.26. The van der Waals surface area contributed by atoms with Crippen LogP contribution in [0, 0.1) is 0 Å². The van der Waals surface area contributed by atoms with Gasteiger partial charge in [-0.3, -0.25) is 13.9 Å². The van der Waals surface area contributed by atoms with Gasteiger partial charge in [0, 0.05) is 0 Å². The van der Waals surface area contributed by atoms with Gasteiger partial charge < -0.3 is 19.2 Å². The molecule has 1 unspecified atom stereocenters. The maximum Gasteiger partial charge on any atom is 0.263 e. The molecule has 0 aliphatic rings. The summed E-state index contributed by atoms with van der Waals surface area (Å²) in [6.45, 7) is 1.58. The van der Waals surface area contributed by atoms with Crippen LogP contribution in [0.2, 0.25) is 0 Å². The van der Waals surface area contributed by atoms with Gasteiger partial charge in [-0.25, -0.2) is 13.8 Å². The minimum absolute atomic E-state index is 0.160. The molecule has 3 rings (SSSR count). The van der Waals surface area contributed by atoms with Gasteiger partial charge in [0.2, 0.25) is 10.0 Å². The monoisotopic (exact) mass is 528 g/mol. The summed E-state index contributed by atoms with van der Waals surface area (Å²) in [5.74, 6) is 0.771. The van der Waals surface area contributed by atoms with E-state index >= 15 is 0 Å². The molecule has 1 aromatic heterocycles. The molecule has 2 amide bonds. The smallest absolute Gasteiger partial charge is 0.263 e. The van der Waals surface area contributed by atoms with Crippen molar-refractivity contribution in [2.75, 3.05) is 24.3 Å². The molecule has 2 N–H and O–H groups in total. The van der Waals surface area contributed by atoms with E-state index in [4.69, 9.17) is 13.9 Å². The average Bonchev–Trinajstić information content (AvgIpc) is 3.40. The van der Waals surface area contributed by atoms with E-state index in [0.29, 0.717) is 28.5 Å². The molecular formula is C25H28N4O7S. The number of rotatable bonds is 12. The number of amides is 2. The van der Waals surface area contributed by atoms with Crippen LogP contribution >= 0.6 is 0 Å². The fourth-order valence-corrected chi connectivity index (χ4v) is 4.43. The number of methoxy groups -OCH3 is 1. The third-order valence-electron chi connectivity index (χ3n) is 5.09. The van der Waals surface area contributed by atoms with Crippen LogP contribution in [0.3, 0.4) is 0 Å². The third kappa shape index (κ3) is 8.10. The standard InChI is InChI=1S/C25H28N4O7S/c1-18(29(37(3,32)33)20-8-12-21(34-2)13-9-20)25(31)28-27-15-19-6-10-22(11-7-19)36-17-24(30)26-16-23-5-4-14-35-23/h4-15,18H,16-17H2,1-3H3,(H,26,30)(H,28,31)/b27-15+. The first-order valence-corrected chi connectivity index (χ1v) is 13.0. The van der Waals surface area contributed by atoms with Crippen LogP contribution in [-0.4, -0.2) is 52.5 Å². The second kappa shape index (κ2) is 12.6. The molecule has 0 saturated heterocycles. The number of hydrogen-bond acceptors (Lipinski definition) is 8. The first kappa shape index (κ1) is 27.3. The highest BCUT2D eigenvalue weighted by Crippen LogP contribution is 2.23. The second-order valence-electron chi connectivity index (χ2n) is 7.88. The van der Waals surface area contributed by atoms with Gasteiger partial charge in [-0.2, -0.15) is 5.10 Å². The number of carbonyl (C=O) groups excluding carboxylic acids is 2. The van der Waals surface area contributed by atoms with Gasteiger partial charge >= 0.3 is 0 Å². The zero-order valence-electron chi connectivity index (χ0n) is 20.6. The SMILES string of the molecule is COc1ccc(N(C(C)C(=O)N/N=C/c2ccc(OCC(=O)NCc3ccco3)cc2)S(C)(=O)=O)cc1. The Hall–Kier alpha value is -4.32. The molecule has 0 saturated carbocycles. The molecule has 196 valence electrons. The number of carbonyl (C=O) groups is 2. The Bertz CT molecular complexity index is 1310. The number of nitrogens with zero attached hydrogens (tertiary/aromatic N) is 2. The lowest BCUT2D eigenvalue weighted by Crippen LogP contribution is -2.46. The first-order chi connectivity index (χ1) is 17.7. The summed E-state index contributed by atoms with van der Waals surface area (Å²) < 4.78 is 41.5. The molecule has 3 aromatic rings. The number of anilines is 1. The lowest BCUT2D eigenvalue weighted by molar-refractivity contribution is -0.123. The van der Waals surface area contributed by atoms with Crippen molar-refractivity contribution in [3.63, 3.8) is 0 Å². The quantitative estimate of drug-likeness (QED) is 0.272. The maximum absolute atomic E-state index is 12.6. The number of ether oxygens (including phenoxy) is 2. The Labute approximate surface area is 215 Å². The average molecular weight is 529 g/mol. The Morgan fingerprint density at radius 1 is 1.08 bits per heavy atom. The predicted molar refractivity (Wildman–Crippen MR) is 138 cm³/mol. The van der Waals surface area contributed by atoms with Crippen LogP contribution in [0.15, 0.2) is 76.4 Å². The zero-order chi connectivity index (χ0) is 26.8. The van der Waals surface area contributed by atoms with Gasteiger partial charge in [-0.05, 0) is 73.2 Å². The molecule has 0 spiro atoms. The van der Waals surface area contributed by atoms with Gasteiger partial charge in [0.25, 0.3) is 11.8 Å². The molecule has 0 bridgehead atoms. The first-order valence-electron chi connectivity index (χ1n) is 11.2. The number of hydrazone groups is 1. The Morgan fingerprint density at radius 2 is 1.76 bits per heavy atom. The molecular weight excluding hydrogens is 500 g/mol. The van der Waals surface area contributed by atoms with Gasteiger partial charge in [0.15, 0.2) is 6.61 Å². The number of sulfonamides is 1. The number of furan rings is 1. The fraction of sp³-hybridized carbons (Fsp3) is 0.240. The van der Waals surface area contributed by atoms with E-state index in [1.807, 2.05) is 0 Å². The molecule has 11 nitrogen and oxygen atoms in total. The van der Waals surface area contributed by atoms with Gasteiger partial charge in [-0.1, -0.05) is 0 Å². The topological polar surface area (TPSA) is 140 Å². The van der Waals surface area contributed by atoms with Crippen LogP contribution in [0.1, 0.15) is 18.2 Å². The number of nitrogens with one attached hydrogen (secondary N) is 2. The van der Waals surface area contributed by atoms with Crippen molar-refractivity contribution in [2.24, 2.45) is 5.10 Å². The van der Waals surface area contributed by atoms with Crippen molar-refractivity contribution >= 4 is 33.7 Å². The van der Waals surface area contributed by atoms with Crippen LogP contribution in [0.4, 0.5) is 5.69 Å². The Kier molecular flexibility index (Phi) is 9.27. The van der Waals surface area contributed by atoms with E-state index in [0.717, 1.165) is 10.6 Å². The highest BCUT2D eigenvalue weighted by atomic mass is 32.2. The van der Waals surface area contributed by atoms with Crippen LogP contribution in [-0.2, 0) is 26.2 Å². The number of hydrogen-bond donors (Lipinski definition) is 2. The minimum atomic E-state index is -3.76. The van der Waals surface area contributed by atoms with E-state index in [1.54, 1.807) is 60.7 Å². The summed E-state index contributed by atoms with van der Waals surface area (Å²) in [6, 6.07) is 15.4. The third-order valence-corrected chi connectivity index (χ3v) is 6.34. The summed E-state index contributed by atoms with van der Waals surface area (Å²) in [6.07, 6.45) is 3.96. The van der Waals surface area contributed by atoms with Gasteiger partial charge in [0.1, 0.15) is 23.3 Å². The highest BCUT2D eigenvalue weighted by Gasteiger charge is 2.29. The lowest BCUT2D eigenvalue weighted by atomic mass is 10.2. The van der Waals surface area contributed by atoms with E-state index in [-0.39, 0.29) is 19.1 Å². The van der Waals surface area contributed by atoms with Crippen molar-refractivity contribution in [3.05, 3.63) is 78.3 Å². The zero-order valence-corrected chi connectivity index (χ0v) is 21.4. The molecule has 1 heterocycles. The van der Waals surface area contributed by atoms with Crippen molar-refractivity contribution in [2.45, 2.75) is 19.5 Å². The van der Waals surface area contributed by atoms with E-state index in [1.165, 1.54) is 26.5 Å². The van der Waals surface area contributed by atoms with Crippen LogP contribution in [0.25, 0.3) is 0 Å². The fourth-order valence-electron chi connectivity index (χ4n) is 3.25. The summed E-state index contributed by atoms with van der Waals surface area (Å²) >= 11 is 0. The minimum Gasteiger partial charge on any atom is -0.497 e. The number of benzene rings is 2. The largest absolute Gasteiger partial charge is 0.497 e. The summed E-state index contributed by atoms with van der Waals surface area (Å²) in [5.41, 5.74) is 3.33. The van der Waals surface area contributed by atoms with E-state index in [9.17, 15) is 18.0 Å². The normalized spacial score (nSPS) is 12.1. The molecule has 37 heavy (non-hydrogen) atoms. The van der Waals surface area contributed by atoms with Crippen molar-refractivity contribution < 1.29 is 31.9 Å². The van der Waals surface area contributed by atoms with E-state index in [2.05, 4.69) is 15.8 Å². The molecule has 0 aliphatic carbocycles.